The molecule has 0 aliphatic heterocycles. The molecule has 5 saturated carbocycles. The second-order valence-corrected chi connectivity index (χ2v) is 19.8. The smallest absolute Gasteiger partial charge is 0.308 e. The summed E-state index contributed by atoms with van der Waals surface area (Å²) in [6, 6.07) is 0. The molecule has 11 atom stereocenters. The number of nitrogens with one attached hydrogen (secondary N) is 2. The zero-order valence-corrected chi connectivity index (χ0v) is 35.1. The van der Waals surface area contributed by atoms with Crippen molar-refractivity contribution in [3.05, 3.63) is 12.2 Å². The van der Waals surface area contributed by atoms with E-state index in [0.29, 0.717) is 42.6 Å². The summed E-state index contributed by atoms with van der Waals surface area (Å²) in [6.07, 6.45) is 14.9. The Labute approximate surface area is 326 Å². The maximum Gasteiger partial charge on any atom is 0.308 e. The van der Waals surface area contributed by atoms with E-state index in [4.69, 9.17) is 4.74 Å². The first kappa shape index (κ1) is 42.7. The number of esters is 2. The van der Waals surface area contributed by atoms with E-state index >= 15 is 0 Å². The molecule has 54 heavy (non-hydrogen) atoms. The fourth-order valence-electron chi connectivity index (χ4n) is 13.9. The van der Waals surface area contributed by atoms with Crippen molar-refractivity contribution >= 4 is 23.8 Å². The molecule has 5 rings (SSSR count). The minimum absolute atomic E-state index is 0.0139. The van der Waals surface area contributed by atoms with Crippen LogP contribution in [0.4, 0.5) is 0 Å². The average Bonchev–Trinajstić information content (AvgIpc) is 3.51. The Hall–Kier alpha value is -2.42. The number of unbranched alkanes of at least 4 members (excludes halogenated alkanes) is 4. The highest BCUT2D eigenvalue weighted by Gasteiger charge is 2.72. The van der Waals surface area contributed by atoms with Gasteiger partial charge in [-0.2, -0.15) is 0 Å². The number of hydrogen-bond acceptors (Lipinski definition) is 7. The SMILES string of the molecule is C=C(C)[C@@H]1CC[C@]2(C(=O)NCCCCCCCC(=O)NCC(O)CC(=O)OC)CC[C@]3(C)[C@H](CC[C@@H]4[C@@]5(C)CC[C@H](OC(C)=O)C(C)(C)[C@@H]5CC[C@]43C)[C@@H]12. The lowest BCUT2D eigenvalue weighted by molar-refractivity contribution is -0.248. The van der Waals surface area contributed by atoms with Gasteiger partial charge in [-0.25, -0.2) is 0 Å². The Morgan fingerprint density at radius 2 is 1.50 bits per heavy atom. The zero-order valence-electron chi connectivity index (χ0n) is 35.1. The fourth-order valence-corrected chi connectivity index (χ4v) is 13.9. The summed E-state index contributed by atoms with van der Waals surface area (Å²) in [5.41, 5.74) is 1.44. The Balaban J connectivity index is 1.17. The maximum atomic E-state index is 14.5. The normalized spacial score (nSPS) is 38.4. The molecule has 2 amide bonds. The van der Waals surface area contributed by atoms with Crippen LogP contribution in [0, 0.1) is 56.7 Å². The average molecular weight is 755 g/mol. The van der Waals surface area contributed by atoms with Gasteiger partial charge in [-0.3, -0.25) is 19.2 Å². The van der Waals surface area contributed by atoms with Gasteiger partial charge in [0.1, 0.15) is 6.10 Å². The highest BCUT2D eigenvalue weighted by molar-refractivity contribution is 5.84. The highest BCUT2D eigenvalue weighted by atomic mass is 16.5. The third-order valence-corrected chi connectivity index (χ3v) is 16.8. The van der Waals surface area contributed by atoms with E-state index in [9.17, 15) is 24.3 Å². The molecule has 5 fully saturated rings. The van der Waals surface area contributed by atoms with Crippen LogP contribution < -0.4 is 10.6 Å². The number of aliphatic hydroxyl groups is 1. The highest BCUT2D eigenvalue weighted by Crippen LogP contribution is 2.77. The number of rotatable bonds is 15. The third kappa shape index (κ3) is 7.79. The summed E-state index contributed by atoms with van der Waals surface area (Å²) >= 11 is 0. The molecule has 0 radical (unpaired) electrons. The molecule has 0 saturated heterocycles. The number of ether oxygens (including phenoxy) is 2. The molecule has 306 valence electrons. The van der Waals surface area contributed by atoms with E-state index in [-0.39, 0.29) is 63.9 Å². The van der Waals surface area contributed by atoms with Crippen LogP contribution >= 0.6 is 0 Å². The van der Waals surface area contributed by atoms with Crippen LogP contribution in [0.3, 0.4) is 0 Å². The quantitative estimate of drug-likeness (QED) is 0.0876. The Bertz CT molecular complexity index is 1410. The van der Waals surface area contributed by atoms with Crippen molar-refractivity contribution in [2.75, 3.05) is 20.2 Å². The van der Waals surface area contributed by atoms with Crippen LogP contribution in [0.15, 0.2) is 12.2 Å². The number of aliphatic hydroxyl groups excluding tert-OH is 1. The first-order valence-corrected chi connectivity index (χ1v) is 21.5. The number of methoxy groups -OCH3 is 1. The molecule has 0 aromatic rings. The molecular weight excluding hydrogens is 681 g/mol. The number of carbonyl (C=O) groups is 4. The Morgan fingerprint density at radius 3 is 2.19 bits per heavy atom. The Kier molecular flexibility index (Phi) is 13.1. The predicted octanol–water partition coefficient (Wildman–Crippen LogP) is 8.07. The van der Waals surface area contributed by atoms with Gasteiger partial charge in [-0.15, -0.1) is 0 Å². The second kappa shape index (κ2) is 16.6. The Morgan fingerprint density at radius 1 is 0.796 bits per heavy atom. The lowest BCUT2D eigenvalue weighted by Gasteiger charge is -2.72. The molecule has 5 aliphatic rings. The minimum Gasteiger partial charge on any atom is -0.469 e. The van der Waals surface area contributed by atoms with Crippen LogP contribution in [-0.4, -0.2) is 61.3 Å². The van der Waals surface area contributed by atoms with Gasteiger partial charge < -0.3 is 25.2 Å². The van der Waals surface area contributed by atoms with Gasteiger partial charge in [0, 0.05) is 31.8 Å². The molecule has 0 spiro atoms. The van der Waals surface area contributed by atoms with E-state index in [2.05, 4.69) is 63.5 Å². The van der Waals surface area contributed by atoms with Crippen LogP contribution in [0.2, 0.25) is 0 Å². The van der Waals surface area contributed by atoms with E-state index in [0.717, 1.165) is 70.6 Å². The zero-order chi connectivity index (χ0) is 39.7. The number of hydrogen-bond donors (Lipinski definition) is 3. The van der Waals surface area contributed by atoms with E-state index in [1.807, 2.05) is 0 Å². The van der Waals surface area contributed by atoms with Gasteiger partial charge in [0.25, 0.3) is 0 Å². The largest absolute Gasteiger partial charge is 0.469 e. The van der Waals surface area contributed by atoms with Crippen molar-refractivity contribution in [2.24, 2.45) is 56.7 Å². The molecule has 0 aromatic heterocycles. The van der Waals surface area contributed by atoms with Crippen molar-refractivity contribution in [2.45, 2.75) is 170 Å². The van der Waals surface area contributed by atoms with Gasteiger partial charge in [-0.1, -0.05) is 66.0 Å². The van der Waals surface area contributed by atoms with Gasteiger partial charge in [0.05, 0.1) is 25.0 Å². The van der Waals surface area contributed by atoms with E-state index < -0.39 is 12.1 Å². The monoisotopic (exact) mass is 755 g/mol. The lowest BCUT2D eigenvalue weighted by atomic mass is 9.32. The van der Waals surface area contributed by atoms with Gasteiger partial charge in [0.15, 0.2) is 0 Å². The van der Waals surface area contributed by atoms with Gasteiger partial charge in [0.2, 0.25) is 11.8 Å². The number of fused-ring (bicyclic) bond motifs is 7. The first-order chi connectivity index (χ1) is 25.4. The molecule has 0 heterocycles. The first-order valence-electron chi connectivity index (χ1n) is 21.5. The molecule has 9 heteroatoms. The summed E-state index contributed by atoms with van der Waals surface area (Å²) < 4.78 is 10.5. The lowest BCUT2D eigenvalue weighted by Crippen LogP contribution is -2.67. The van der Waals surface area contributed by atoms with E-state index in [1.165, 1.54) is 38.4 Å². The number of amides is 2. The predicted molar refractivity (Wildman–Crippen MR) is 211 cm³/mol. The molecule has 5 aliphatic carbocycles. The van der Waals surface area contributed by atoms with Crippen molar-refractivity contribution in [3.63, 3.8) is 0 Å². The van der Waals surface area contributed by atoms with Crippen LogP contribution in [0.5, 0.6) is 0 Å². The summed E-state index contributed by atoms with van der Waals surface area (Å²) in [7, 11) is 1.27. The topological polar surface area (TPSA) is 131 Å². The van der Waals surface area contributed by atoms with Gasteiger partial charge >= 0.3 is 11.9 Å². The van der Waals surface area contributed by atoms with Crippen molar-refractivity contribution in [3.8, 4) is 0 Å². The molecule has 1 unspecified atom stereocenters. The number of allylic oxidation sites excluding steroid dienone is 1. The molecular formula is C45H74N2O7. The van der Waals surface area contributed by atoms with Crippen molar-refractivity contribution in [1.82, 2.24) is 10.6 Å². The van der Waals surface area contributed by atoms with Crippen molar-refractivity contribution < 1.29 is 33.8 Å². The minimum atomic E-state index is -0.943. The summed E-state index contributed by atoms with van der Waals surface area (Å²) in [5.74, 6) is 1.86. The van der Waals surface area contributed by atoms with E-state index in [1.54, 1.807) is 6.92 Å². The second-order valence-electron chi connectivity index (χ2n) is 19.8. The fraction of sp³-hybridized carbons (Fsp3) is 0.867. The molecule has 0 bridgehead atoms. The molecule has 3 N–H and O–H groups in total. The van der Waals surface area contributed by atoms with Crippen LogP contribution in [0.1, 0.15) is 158 Å². The standard InChI is InChI=1S/C45H74N2O7/c1-29(2)32-18-23-45(40(52)46-26-14-12-10-11-13-15-37(50)47-28-31(49)27-38(51)53-9)25-24-43(7)33(39(32)45)16-17-35-42(6)21-20-36(54-30(3)48)41(4,5)34(42)19-22-44(35,43)8/h31-36,39,49H,1,10-28H2,2-9H3,(H,46,52)(H,47,50)/t31?,32-,33+,34-,35+,36-,39+,42-,43+,44+,45-/m0/s1. The maximum absolute atomic E-state index is 14.5. The van der Waals surface area contributed by atoms with Gasteiger partial charge in [-0.05, 0) is 130 Å². The van der Waals surface area contributed by atoms with Crippen molar-refractivity contribution in [1.29, 1.82) is 0 Å². The summed E-state index contributed by atoms with van der Waals surface area (Å²) in [4.78, 5) is 49.9. The van der Waals surface area contributed by atoms with Crippen LogP contribution in [-0.2, 0) is 28.7 Å². The summed E-state index contributed by atoms with van der Waals surface area (Å²) in [6.45, 7) is 21.6. The summed E-state index contributed by atoms with van der Waals surface area (Å²) in [5, 5.41) is 16.0. The molecule has 0 aromatic carbocycles. The number of carbonyl (C=O) groups excluding carboxylic acids is 4. The van der Waals surface area contributed by atoms with Crippen LogP contribution in [0.25, 0.3) is 0 Å². The molecule has 9 nitrogen and oxygen atoms in total. The third-order valence-electron chi connectivity index (χ3n) is 16.8.